The van der Waals surface area contributed by atoms with Crippen molar-refractivity contribution >= 4 is 10.9 Å². The Morgan fingerprint density at radius 3 is 2.30 bits per heavy atom. The van der Waals surface area contributed by atoms with E-state index in [4.69, 9.17) is 14.2 Å². The van der Waals surface area contributed by atoms with Crippen molar-refractivity contribution in [1.82, 2.24) is 9.55 Å². The van der Waals surface area contributed by atoms with E-state index in [0.717, 1.165) is 10.1 Å². The van der Waals surface area contributed by atoms with E-state index in [2.05, 4.69) is 4.98 Å². The highest BCUT2D eigenvalue weighted by atomic mass is 16.5. The van der Waals surface area contributed by atoms with Crippen LogP contribution in [0.1, 0.15) is 18.1 Å². The molecular formula is C20H22N2O5. The van der Waals surface area contributed by atoms with Crippen LogP contribution in [0.15, 0.2) is 39.9 Å². The molecule has 27 heavy (non-hydrogen) atoms. The molecule has 2 aromatic carbocycles. The minimum Gasteiger partial charge on any atom is -0.493 e. The largest absolute Gasteiger partial charge is 0.493 e. The van der Waals surface area contributed by atoms with Crippen LogP contribution in [0, 0.1) is 6.92 Å². The Hall–Kier alpha value is -3.22. The highest BCUT2D eigenvalue weighted by Crippen LogP contribution is 2.38. The van der Waals surface area contributed by atoms with Crippen LogP contribution in [0.4, 0.5) is 0 Å². The van der Waals surface area contributed by atoms with Crippen LogP contribution in [0.25, 0.3) is 10.9 Å². The van der Waals surface area contributed by atoms with Crippen molar-refractivity contribution in [3.8, 4) is 17.2 Å². The molecule has 0 amide bonds. The van der Waals surface area contributed by atoms with E-state index in [1.165, 1.54) is 14.2 Å². The average Bonchev–Trinajstić information content (AvgIpc) is 2.66. The molecule has 3 aromatic rings. The van der Waals surface area contributed by atoms with Crippen LogP contribution < -0.4 is 25.5 Å². The van der Waals surface area contributed by atoms with Crippen LogP contribution in [0.5, 0.6) is 17.2 Å². The molecule has 1 heterocycles. The lowest BCUT2D eigenvalue weighted by Crippen LogP contribution is -2.35. The van der Waals surface area contributed by atoms with Gasteiger partial charge in [-0.15, -0.1) is 0 Å². The number of hydrogen-bond acceptors (Lipinski definition) is 5. The number of aromatic nitrogens is 2. The fourth-order valence-corrected chi connectivity index (χ4v) is 3.00. The first-order valence-corrected chi connectivity index (χ1v) is 8.59. The second-order valence-corrected chi connectivity index (χ2v) is 6.13. The Morgan fingerprint density at radius 1 is 1.04 bits per heavy atom. The van der Waals surface area contributed by atoms with Crippen LogP contribution in [0.2, 0.25) is 0 Å². The van der Waals surface area contributed by atoms with Crippen molar-refractivity contribution < 1.29 is 14.2 Å². The lowest BCUT2D eigenvalue weighted by Gasteiger charge is -2.15. The van der Waals surface area contributed by atoms with Gasteiger partial charge in [0.2, 0.25) is 5.75 Å². The first-order chi connectivity index (χ1) is 13.0. The molecule has 0 aliphatic heterocycles. The van der Waals surface area contributed by atoms with Gasteiger partial charge in [-0.2, -0.15) is 0 Å². The number of aromatic amines is 1. The van der Waals surface area contributed by atoms with E-state index in [1.54, 1.807) is 24.3 Å². The third kappa shape index (κ3) is 3.53. The Kier molecular flexibility index (Phi) is 5.21. The fraction of sp³-hybridized carbons (Fsp3) is 0.300. The van der Waals surface area contributed by atoms with Crippen LogP contribution >= 0.6 is 0 Å². The maximum absolute atomic E-state index is 12.8. The Labute approximate surface area is 156 Å². The maximum atomic E-state index is 12.8. The van der Waals surface area contributed by atoms with Crippen molar-refractivity contribution in [2.45, 2.75) is 20.4 Å². The van der Waals surface area contributed by atoms with Crippen molar-refractivity contribution in [1.29, 1.82) is 0 Å². The zero-order chi connectivity index (χ0) is 19.6. The lowest BCUT2D eigenvalue weighted by atomic mass is 10.1. The number of nitrogens with zero attached hydrogens (tertiary/aromatic N) is 1. The van der Waals surface area contributed by atoms with E-state index in [1.807, 2.05) is 19.9 Å². The molecule has 142 valence electrons. The van der Waals surface area contributed by atoms with Gasteiger partial charge in [0, 0.05) is 0 Å². The molecule has 0 unspecified atom stereocenters. The molecule has 0 atom stereocenters. The van der Waals surface area contributed by atoms with E-state index in [9.17, 15) is 9.59 Å². The average molecular weight is 370 g/mol. The highest BCUT2D eigenvalue weighted by Gasteiger charge is 2.16. The number of rotatable bonds is 6. The van der Waals surface area contributed by atoms with Gasteiger partial charge in [0.05, 0.1) is 38.3 Å². The first kappa shape index (κ1) is 18.6. The summed E-state index contributed by atoms with van der Waals surface area (Å²) in [5.74, 6) is 1.45. The van der Waals surface area contributed by atoms with Gasteiger partial charge in [0.15, 0.2) is 11.5 Å². The van der Waals surface area contributed by atoms with Crippen LogP contribution in [-0.2, 0) is 6.54 Å². The normalized spacial score (nSPS) is 10.8. The highest BCUT2D eigenvalue weighted by molar-refractivity contribution is 5.77. The summed E-state index contributed by atoms with van der Waals surface area (Å²) in [5.41, 5.74) is 1.34. The van der Waals surface area contributed by atoms with E-state index in [0.29, 0.717) is 40.3 Å². The number of aryl methyl sites for hydroxylation is 1. The summed E-state index contributed by atoms with van der Waals surface area (Å²) in [6, 6.07) is 8.83. The number of nitrogens with one attached hydrogen (secondary N) is 1. The summed E-state index contributed by atoms with van der Waals surface area (Å²) < 4.78 is 17.5. The quantitative estimate of drug-likeness (QED) is 0.721. The van der Waals surface area contributed by atoms with Gasteiger partial charge in [-0.3, -0.25) is 9.36 Å². The summed E-state index contributed by atoms with van der Waals surface area (Å²) in [6.07, 6.45) is 0. The molecule has 0 saturated carbocycles. The number of fused-ring (bicyclic) bond motifs is 1. The van der Waals surface area contributed by atoms with Gasteiger partial charge in [-0.1, -0.05) is 11.6 Å². The topological polar surface area (TPSA) is 82.5 Å². The third-order valence-corrected chi connectivity index (χ3v) is 4.29. The van der Waals surface area contributed by atoms with E-state index in [-0.39, 0.29) is 12.1 Å². The SMILES string of the molecule is CCOc1c(OC)cc(Cn2c(=O)[nH]c3ccc(C)cc3c2=O)cc1OC. The summed E-state index contributed by atoms with van der Waals surface area (Å²) in [6.45, 7) is 4.30. The van der Waals surface area contributed by atoms with Crippen molar-refractivity contribution in [3.05, 3.63) is 62.3 Å². The second-order valence-electron chi connectivity index (χ2n) is 6.13. The van der Waals surface area contributed by atoms with Crippen molar-refractivity contribution in [2.75, 3.05) is 20.8 Å². The lowest BCUT2D eigenvalue weighted by molar-refractivity contribution is 0.288. The number of ether oxygens (including phenoxy) is 3. The van der Waals surface area contributed by atoms with Gasteiger partial charge in [0.1, 0.15) is 0 Å². The molecule has 0 bridgehead atoms. The fourth-order valence-electron chi connectivity index (χ4n) is 3.00. The van der Waals surface area contributed by atoms with Gasteiger partial charge >= 0.3 is 5.69 Å². The van der Waals surface area contributed by atoms with Crippen LogP contribution in [-0.4, -0.2) is 30.4 Å². The molecule has 1 aromatic heterocycles. The molecule has 0 spiro atoms. The minimum absolute atomic E-state index is 0.0805. The molecule has 7 nitrogen and oxygen atoms in total. The van der Waals surface area contributed by atoms with Gasteiger partial charge in [-0.05, 0) is 43.7 Å². The zero-order valence-electron chi connectivity index (χ0n) is 15.8. The minimum atomic E-state index is -0.469. The van der Waals surface area contributed by atoms with Gasteiger partial charge in [0.25, 0.3) is 5.56 Å². The molecule has 3 rings (SSSR count). The van der Waals surface area contributed by atoms with Gasteiger partial charge < -0.3 is 19.2 Å². The van der Waals surface area contributed by atoms with Crippen molar-refractivity contribution in [3.63, 3.8) is 0 Å². The van der Waals surface area contributed by atoms with E-state index >= 15 is 0 Å². The molecule has 0 radical (unpaired) electrons. The van der Waals surface area contributed by atoms with Crippen LogP contribution in [0.3, 0.4) is 0 Å². The van der Waals surface area contributed by atoms with Gasteiger partial charge in [-0.25, -0.2) is 4.79 Å². The molecule has 0 saturated heterocycles. The molecular weight excluding hydrogens is 348 g/mol. The van der Waals surface area contributed by atoms with Crippen molar-refractivity contribution in [2.24, 2.45) is 0 Å². The predicted molar refractivity (Wildman–Crippen MR) is 103 cm³/mol. The number of benzene rings is 2. The molecule has 1 N–H and O–H groups in total. The Bertz CT molecular complexity index is 1070. The summed E-state index contributed by atoms with van der Waals surface area (Å²) >= 11 is 0. The third-order valence-electron chi connectivity index (χ3n) is 4.29. The predicted octanol–water partition coefficient (Wildman–Crippen LogP) is 2.46. The number of H-pyrrole nitrogens is 1. The first-order valence-electron chi connectivity index (χ1n) is 8.59. The number of methoxy groups -OCH3 is 2. The smallest absolute Gasteiger partial charge is 0.329 e. The Morgan fingerprint density at radius 2 is 1.70 bits per heavy atom. The molecule has 0 aliphatic carbocycles. The summed E-state index contributed by atoms with van der Waals surface area (Å²) in [7, 11) is 3.05. The Balaban J connectivity index is 2.12. The summed E-state index contributed by atoms with van der Waals surface area (Å²) in [5, 5.41) is 0.472. The second kappa shape index (κ2) is 7.57. The maximum Gasteiger partial charge on any atom is 0.329 e. The molecule has 0 aliphatic rings. The standard InChI is InChI=1S/C20H22N2O5/c1-5-27-18-16(25-3)9-13(10-17(18)26-4)11-22-19(23)14-8-12(2)6-7-15(14)21-20(22)24/h6-10H,5,11H2,1-4H3,(H,21,24). The number of hydrogen-bond donors (Lipinski definition) is 1. The van der Waals surface area contributed by atoms with E-state index < -0.39 is 5.69 Å². The molecule has 0 fully saturated rings. The zero-order valence-corrected chi connectivity index (χ0v) is 15.8. The summed E-state index contributed by atoms with van der Waals surface area (Å²) in [4.78, 5) is 28.0. The molecule has 7 heteroatoms. The monoisotopic (exact) mass is 370 g/mol.